The summed E-state index contributed by atoms with van der Waals surface area (Å²) >= 11 is 0. The minimum absolute atomic E-state index is 0.0241. The number of hydrogen-bond acceptors (Lipinski definition) is 6. The Balaban J connectivity index is 2.04. The number of carbonyl (C=O) groups is 2. The van der Waals surface area contributed by atoms with Crippen molar-refractivity contribution in [3.63, 3.8) is 0 Å². The normalized spacial score (nSPS) is 12.9. The van der Waals surface area contributed by atoms with Crippen LogP contribution in [0.5, 0.6) is 11.5 Å². The molecular weight excluding hydrogens is 396 g/mol. The number of hydrogen-bond donors (Lipinski definition) is 0. The van der Waals surface area contributed by atoms with Gasteiger partial charge in [-0.15, -0.1) is 0 Å². The van der Waals surface area contributed by atoms with Crippen molar-refractivity contribution in [1.82, 2.24) is 4.90 Å². The number of anilines is 1. The van der Waals surface area contributed by atoms with Gasteiger partial charge in [-0.05, 0) is 43.3 Å². The van der Waals surface area contributed by atoms with E-state index in [1.54, 1.807) is 14.1 Å². The van der Waals surface area contributed by atoms with E-state index < -0.39 is 10.0 Å². The molecule has 2 aromatic carbocycles. The Morgan fingerprint density at radius 2 is 1.59 bits per heavy atom. The number of ketones is 1. The van der Waals surface area contributed by atoms with Gasteiger partial charge in [0.2, 0.25) is 5.91 Å². The monoisotopic (exact) mass is 418 g/mol. The quantitative estimate of drug-likeness (QED) is 0.666. The average molecular weight is 418 g/mol. The number of benzene rings is 2. The van der Waals surface area contributed by atoms with Gasteiger partial charge in [0, 0.05) is 25.7 Å². The fraction of sp³-hybridized carbons (Fsp3) is 0.300. The lowest BCUT2D eigenvalue weighted by atomic mass is 10.1. The number of nitrogens with zero attached hydrogens (tertiary/aromatic N) is 2. The Morgan fingerprint density at radius 1 is 0.966 bits per heavy atom. The fourth-order valence-electron chi connectivity index (χ4n) is 2.75. The highest BCUT2D eigenvalue weighted by atomic mass is 32.2. The molecule has 9 heteroatoms. The van der Waals surface area contributed by atoms with Crippen molar-refractivity contribution in [2.45, 2.75) is 11.8 Å². The Morgan fingerprint density at radius 3 is 2.17 bits per heavy atom. The number of carbonyl (C=O) groups excluding carboxylic acids is 2. The molecule has 0 spiro atoms. The van der Waals surface area contributed by atoms with Crippen LogP contribution in [0, 0.1) is 0 Å². The number of ether oxygens (including phenoxy) is 2. The van der Waals surface area contributed by atoms with Crippen molar-refractivity contribution in [3.05, 3.63) is 48.0 Å². The molecule has 154 valence electrons. The largest absolute Gasteiger partial charge is 0.486 e. The van der Waals surface area contributed by atoms with Crippen LogP contribution in [0.15, 0.2) is 47.4 Å². The van der Waals surface area contributed by atoms with Gasteiger partial charge in [-0.1, -0.05) is 0 Å². The van der Waals surface area contributed by atoms with Gasteiger partial charge in [-0.2, -0.15) is 0 Å². The van der Waals surface area contributed by atoms with E-state index in [4.69, 9.17) is 9.47 Å². The molecule has 2 aromatic rings. The summed E-state index contributed by atoms with van der Waals surface area (Å²) in [6.45, 7) is 1.76. The Kier molecular flexibility index (Phi) is 5.78. The molecule has 0 N–H and O–H groups in total. The first-order valence-electron chi connectivity index (χ1n) is 8.93. The summed E-state index contributed by atoms with van der Waals surface area (Å²) in [6.07, 6.45) is 0. The van der Waals surface area contributed by atoms with Crippen LogP contribution in [-0.2, 0) is 14.8 Å². The zero-order chi connectivity index (χ0) is 21.2. The van der Waals surface area contributed by atoms with E-state index in [0.717, 1.165) is 4.31 Å². The van der Waals surface area contributed by atoms with Gasteiger partial charge in [0.05, 0.1) is 10.6 Å². The maximum atomic E-state index is 13.4. The van der Waals surface area contributed by atoms with Crippen LogP contribution in [0.25, 0.3) is 0 Å². The van der Waals surface area contributed by atoms with Gasteiger partial charge in [-0.3, -0.25) is 13.9 Å². The maximum absolute atomic E-state index is 13.4. The molecule has 0 bridgehead atoms. The molecule has 3 rings (SSSR count). The number of amides is 1. The second-order valence-corrected chi connectivity index (χ2v) is 8.57. The van der Waals surface area contributed by atoms with Crippen LogP contribution in [0.3, 0.4) is 0 Å². The van der Waals surface area contributed by atoms with Crippen molar-refractivity contribution in [1.29, 1.82) is 0 Å². The summed E-state index contributed by atoms with van der Waals surface area (Å²) in [5.41, 5.74) is 0.726. The maximum Gasteiger partial charge on any atom is 0.264 e. The van der Waals surface area contributed by atoms with E-state index in [2.05, 4.69) is 0 Å². The van der Waals surface area contributed by atoms with Gasteiger partial charge in [0.1, 0.15) is 19.8 Å². The second kappa shape index (κ2) is 8.12. The predicted octanol–water partition coefficient (Wildman–Crippen LogP) is 1.94. The van der Waals surface area contributed by atoms with Gasteiger partial charge in [0.15, 0.2) is 17.3 Å². The molecule has 0 aromatic heterocycles. The van der Waals surface area contributed by atoms with E-state index in [1.807, 2.05) is 0 Å². The Labute approximate surface area is 169 Å². The van der Waals surface area contributed by atoms with E-state index in [1.165, 1.54) is 54.3 Å². The summed E-state index contributed by atoms with van der Waals surface area (Å²) in [5, 5.41) is 0. The van der Waals surface area contributed by atoms with Crippen molar-refractivity contribution in [2.75, 3.05) is 38.2 Å². The summed E-state index contributed by atoms with van der Waals surface area (Å²) in [6, 6.07) is 10.4. The minimum atomic E-state index is -4.08. The standard InChI is InChI=1S/C20H22N2O6S/c1-14(23)15-4-6-16(7-5-15)22(13-20(24)21(2)3)29(25,26)17-8-9-18-19(12-17)28-11-10-27-18/h4-9,12H,10-11,13H2,1-3H3. The van der Waals surface area contributed by atoms with Crippen LogP contribution >= 0.6 is 0 Å². The lowest BCUT2D eigenvalue weighted by Gasteiger charge is -2.26. The zero-order valence-electron chi connectivity index (χ0n) is 16.4. The number of sulfonamides is 1. The van der Waals surface area contributed by atoms with Crippen LogP contribution in [-0.4, -0.2) is 58.9 Å². The molecule has 0 aliphatic carbocycles. The number of fused-ring (bicyclic) bond motifs is 1. The van der Waals surface area contributed by atoms with Crippen molar-refractivity contribution in [3.8, 4) is 11.5 Å². The third-order valence-electron chi connectivity index (χ3n) is 4.44. The third kappa shape index (κ3) is 4.34. The number of rotatable bonds is 6. The molecule has 0 saturated carbocycles. The summed E-state index contributed by atoms with van der Waals surface area (Å²) < 4.78 is 38.7. The van der Waals surface area contributed by atoms with Gasteiger partial charge in [-0.25, -0.2) is 8.42 Å². The van der Waals surface area contributed by atoms with Gasteiger partial charge in [0.25, 0.3) is 10.0 Å². The SMILES string of the molecule is CC(=O)c1ccc(N(CC(=O)N(C)C)S(=O)(=O)c2ccc3c(c2)OCCO3)cc1. The fourth-order valence-corrected chi connectivity index (χ4v) is 4.18. The zero-order valence-corrected chi connectivity index (χ0v) is 17.2. The first-order chi connectivity index (χ1) is 13.7. The van der Waals surface area contributed by atoms with Crippen molar-refractivity contribution >= 4 is 27.4 Å². The lowest BCUT2D eigenvalue weighted by molar-refractivity contribution is -0.127. The average Bonchev–Trinajstić information content (AvgIpc) is 2.71. The molecule has 29 heavy (non-hydrogen) atoms. The van der Waals surface area contributed by atoms with E-state index in [-0.39, 0.29) is 28.8 Å². The summed E-state index contributed by atoms with van der Waals surface area (Å²) in [7, 11) is -0.981. The molecule has 0 radical (unpaired) electrons. The molecule has 0 fully saturated rings. The van der Waals surface area contributed by atoms with Crippen molar-refractivity contribution in [2.24, 2.45) is 0 Å². The highest BCUT2D eigenvalue weighted by molar-refractivity contribution is 7.92. The first kappa shape index (κ1) is 20.7. The topological polar surface area (TPSA) is 93.2 Å². The van der Waals surface area contributed by atoms with E-state index in [9.17, 15) is 18.0 Å². The molecule has 1 heterocycles. The molecule has 1 aliphatic rings. The molecule has 0 saturated heterocycles. The van der Waals surface area contributed by atoms with E-state index in [0.29, 0.717) is 30.3 Å². The molecular formula is C20H22N2O6S. The number of Topliss-reactive ketones (excluding diaryl/α,β-unsaturated/α-hetero) is 1. The second-order valence-electron chi connectivity index (χ2n) is 6.71. The smallest absolute Gasteiger partial charge is 0.264 e. The molecule has 0 atom stereocenters. The first-order valence-corrected chi connectivity index (χ1v) is 10.4. The molecule has 0 unspecified atom stereocenters. The highest BCUT2D eigenvalue weighted by Crippen LogP contribution is 2.34. The molecule has 1 aliphatic heterocycles. The van der Waals surface area contributed by atoms with Crippen LogP contribution in [0.4, 0.5) is 5.69 Å². The van der Waals surface area contributed by atoms with Crippen LogP contribution in [0.2, 0.25) is 0 Å². The van der Waals surface area contributed by atoms with Crippen LogP contribution < -0.4 is 13.8 Å². The Hall–Kier alpha value is -3.07. The third-order valence-corrected chi connectivity index (χ3v) is 6.21. The highest BCUT2D eigenvalue weighted by Gasteiger charge is 2.29. The lowest BCUT2D eigenvalue weighted by Crippen LogP contribution is -2.40. The molecule has 8 nitrogen and oxygen atoms in total. The summed E-state index contributed by atoms with van der Waals surface area (Å²) in [5.74, 6) is 0.281. The summed E-state index contributed by atoms with van der Waals surface area (Å²) in [4.78, 5) is 25.2. The van der Waals surface area contributed by atoms with E-state index >= 15 is 0 Å². The predicted molar refractivity (Wildman–Crippen MR) is 107 cm³/mol. The number of likely N-dealkylation sites (N-methyl/N-ethyl adjacent to an activating group) is 1. The molecule has 1 amide bonds. The van der Waals surface area contributed by atoms with Gasteiger partial charge < -0.3 is 14.4 Å². The van der Waals surface area contributed by atoms with Crippen LogP contribution in [0.1, 0.15) is 17.3 Å². The Bertz CT molecular complexity index is 1030. The minimum Gasteiger partial charge on any atom is -0.486 e. The van der Waals surface area contributed by atoms with Gasteiger partial charge >= 0.3 is 0 Å². The van der Waals surface area contributed by atoms with Crippen molar-refractivity contribution < 1.29 is 27.5 Å².